The van der Waals surface area contributed by atoms with E-state index >= 15 is 0 Å². The van der Waals surface area contributed by atoms with Crippen molar-refractivity contribution in [3.63, 3.8) is 0 Å². The summed E-state index contributed by atoms with van der Waals surface area (Å²) in [6.45, 7) is 9.41. The van der Waals surface area contributed by atoms with Crippen LogP contribution >= 0.6 is 0 Å². The van der Waals surface area contributed by atoms with Gasteiger partial charge in [0.05, 0.1) is 13.2 Å². The first kappa shape index (κ1) is 11.6. The molecule has 16 heavy (non-hydrogen) atoms. The smallest absolute Gasteiger partial charge is 0.0554 e. The molecule has 0 saturated carbocycles. The van der Waals surface area contributed by atoms with E-state index < -0.39 is 0 Å². The van der Waals surface area contributed by atoms with Gasteiger partial charge in [0.2, 0.25) is 0 Å². The van der Waals surface area contributed by atoms with E-state index in [-0.39, 0.29) is 0 Å². The molecule has 0 radical (unpaired) electrons. The van der Waals surface area contributed by atoms with Gasteiger partial charge in [0.1, 0.15) is 0 Å². The van der Waals surface area contributed by atoms with Gasteiger partial charge in [-0.05, 0) is 19.4 Å². The number of aryl methyl sites for hydroxylation is 1. The molecule has 1 aliphatic heterocycles. The van der Waals surface area contributed by atoms with Crippen molar-refractivity contribution in [2.45, 2.75) is 26.8 Å². The van der Waals surface area contributed by atoms with Crippen LogP contribution in [-0.4, -0.2) is 19.8 Å². The predicted molar refractivity (Wildman–Crippen MR) is 66.5 cm³/mol. The molecule has 0 amide bonds. The van der Waals surface area contributed by atoms with E-state index in [4.69, 9.17) is 4.74 Å². The van der Waals surface area contributed by atoms with Crippen LogP contribution in [0.5, 0.6) is 0 Å². The van der Waals surface area contributed by atoms with Crippen molar-refractivity contribution in [3.8, 4) is 0 Å². The molecule has 88 valence electrons. The summed E-state index contributed by atoms with van der Waals surface area (Å²) >= 11 is 0. The van der Waals surface area contributed by atoms with Gasteiger partial charge in [-0.3, -0.25) is 0 Å². The van der Waals surface area contributed by atoms with Crippen LogP contribution in [0.25, 0.3) is 0 Å². The molecule has 1 saturated heterocycles. The summed E-state index contributed by atoms with van der Waals surface area (Å²) in [5.74, 6) is 0. The molecule has 0 aromatic heterocycles. The maximum atomic E-state index is 5.25. The highest BCUT2D eigenvalue weighted by molar-refractivity contribution is 5.23. The summed E-state index contributed by atoms with van der Waals surface area (Å²) < 4.78 is 5.25. The molecule has 0 aliphatic carbocycles. The lowest BCUT2D eigenvalue weighted by atomic mass is 9.88. The summed E-state index contributed by atoms with van der Waals surface area (Å²) in [5.41, 5.74) is 3.02. The Morgan fingerprint density at radius 3 is 2.44 bits per heavy atom. The molecule has 1 N–H and O–H groups in total. The van der Waals surface area contributed by atoms with Crippen LogP contribution in [0.15, 0.2) is 24.3 Å². The second-order valence-electron chi connectivity index (χ2n) is 5.32. The molecule has 1 aromatic carbocycles. The normalized spacial score (nSPS) is 20.2. The number of benzene rings is 1. The SMILES string of the molecule is Cc1ccc(C(C)NCC2(C)COC2)cc1. The van der Waals surface area contributed by atoms with E-state index in [1.165, 1.54) is 11.1 Å². The Bertz CT molecular complexity index is 340. The number of rotatable bonds is 4. The third-order valence-electron chi connectivity index (χ3n) is 3.31. The fourth-order valence-electron chi connectivity index (χ4n) is 1.93. The van der Waals surface area contributed by atoms with Crippen molar-refractivity contribution in [1.82, 2.24) is 5.32 Å². The van der Waals surface area contributed by atoms with Gasteiger partial charge >= 0.3 is 0 Å². The summed E-state index contributed by atoms with van der Waals surface area (Å²) in [6, 6.07) is 9.15. The van der Waals surface area contributed by atoms with E-state index in [0.29, 0.717) is 11.5 Å². The summed E-state index contributed by atoms with van der Waals surface area (Å²) in [7, 11) is 0. The molecule has 0 spiro atoms. The second kappa shape index (κ2) is 4.56. The fraction of sp³-hybridized carbons (Fsp3) is 0.571. The van der Waals surface area contributed by atoms with Gasteiger partial charge in [-0.15, -0.1) is 0 Å². The van der Waals surface area contributed by atoms with Crippen molar-refractivity contribution >= 4 is 0 Å². The minimum atomic E-state index is 0.346. The highest BCUT2D eigenvalue weighted by Crippen LogP contribution is 2.26. The molecule has 1 fully saturated rings. The Morgan fingerprint density at radius 2 is 1.94 bits per heavy atom. The molecular formula is C14H21NO. The molecule has 1 unspecified atom stereocenters. The monoisotopic (exact) mass is 219 g/mol. The Kier molecular flexibility index (Phi) is 3.31. The van der Waals surface area contributed by atoms with Gasteiger partial charge in [-0.25, -0.2) is 0 Å². The number of ether oxygens (including phenoxy) is 1. The van der Waals surface area contributed by atoms with Gasteiger partial charge in [0.15, 0.2) is 0 Å². The highest BCUT2D eigenvalue weighted by atomic mass is 16.5. The average Bonchev–Trinajstić information content (AvgIpc) is 2.24. The lowest BCUT2D eigenvalue weighted by Gasteiger charge is -2.39. The minimum absolute atomic E-state index is 0.346. The first-order valence-electron chi connectivity index (χ1n) is 5.97. The number of hydrogen-bond donors (Lipinski definition) is 1. The molecule has 2 heteroatoms. The Hall–Kier alpha value is -0.860. The molecule has 1 aliphatic rings. The first-order chi connectivity index (χ1) is 7.59. The van der Waals surface area contributed by atoms with Crippen molar-refractivity contribution in [2.75, 3.05) is 19.8 Å². The van der Waals surface area contributed by atoms with Crippen molar-refractivity contribution in [2.24, 2.45) is 5.41 Å². The molecule has 2 nitrogen and oxygen atoms in total. The van der Waals surface area contributed by atoms with Crippen molar-refractivity contribution in [1.29, 1.82) is 0 Å². The lowest BCUT2D eigenvalue weighted by Crippen LogP contribution is -2.47. The molecule has 1 heterocycles. The van der Waals surface area contributed by atoms with Gasteiger partial charge < -0.3 is 10.1 Å². The largest absolute Gasteiger partial charge is 0.380 e. The third kappa shape index (κ3) is 2.63. The second-order valence-corrected chi connectivity index (χ2v) is 5.32. The van der Waals surface area contributed by atoms with Crippen LogP contribution in [-0.2, 0) is 4.74 Å². The zero-order valence-electron chi connectivity index (χ0n) is 10.4. The van der Waals surface area contributed by atoms with E-state index in [0.717, 1.165) is 19.8 Å². The number of hydrogen-bond acceptors (Lipinski definition) is 2. The van der Waals surface area contributed by atoms with Gasteiger partial charge in [-0.2, -0.15) is 0 Å². The standard InChI is InChI=1S/C14H21NO/c1-11-4-6-13(7-5-11)12(2)15-8-14(3)9-16-10-14/h4-7,12,15H,8-10H2,1-3H3. The number of nitrogens with one attached hydrogen (secondary N) is 1. The van der Waals surface area contributed by atoms with Crippen LogP contribution < -0.4 is 5.32 Å². The topological polar surface area (TPSA) is 21.3 Å². The molecule has 0 bridgehead atoms. The first-order valence-corrected chi connectivity index (χ1v) is 5.97. The lowest BCUT2D eigenvalue weighted by molar-refractivity contribution is -0.0999. The molecule has 2 rings (SSSR count). The zero-order chi connectivity index (χ0) is 11.6. The summed E-state index contributed by atoms with van der Waals surface area (Å²) in [5, 5.41) is 3.58. The van der Waals surface area contributed by atoms with Crippen molar-refractivity contribution in [3.05, 3.63) is 35.4 Å². The van der Waals surface area contributed by atoms with Crippen molar-refractivity contribution < 1.29 is 4.74 Å². The quantitative estimate of drug-likeness (QED) is 0.840. The predicted octanol–water partition coefficient (Wildman–Crippen LogP) is 2.68. The summed E-state index contributed by atoms with van der Waals surface area (Å²) in [6.07, 6.45) is 0. The van der Waals surface area contributed by atoms with E-state index in [9.17, 15) is 0 Å². The fourth-order valence-corrected chi connectivity index (χ4v) is 1.93. The maximum absolute atomic E-state index is 5.25. The van der Waals surface area contributed by atoms with E-state index in [1.54, 1.807) is 0 Å². The summed E-state index contributed by atoms with van der Waals surface area (Å²) in [4.78, 5) is 0. The Balaban J connectivity index is 1.87. The van der Waals surface area contributed by atoms with Gasteiger partial charge in [0.25, 0.3) is 0 Å². The third-order valence-corrected chi connectivity index (χ3v) is 3.31. The maximum Gasteiger partial charge on any atom is 0.0554 e. The van der Waals surface area contributed by atoms with Crippen LogP contribution in [0.4, 0.5) is 0 Å². The minimum Gasteiger partial charge on any atom is -0.380 e. The molecular weight excluding hydrogens is 198 g/mol. The van der Waals surface area contributed by atoms with E-state index in [1.807, 2.05) is 0 Å². The van der Waals surface area contributed by atoms with Crippen LogP contribution in [0.1, 0.15) is 31.0 Å². The molecule has 1 atom stereocenters. The van der Waals surface area contributed by atoms with E-state index in [2.05, 4.69) is 50.4 Å². The zero-order valence-corrected chi connectivity index (χ0v) is 10.4. The van der Waals surface area contributed by atoms with Gasteiger partial charge in [0, 0.05) is 18.0 Å². The Labute approximate surface area is 98.0 Å². The van der Waals surface area contributed by atoms with Gasteiger partial charge in [-0.1, -0.05) is 36.8 Å². The average molecular weight is 219 g/mol. The Morgan fingerprint density at radius 1 is 1.31 bits per heavy atom. The van der Waals surface area contributed by atoms with Crippen LogP contribution in [0.2, 0.25) is 0 Å². The van der Waals surface area contributed by atoms with Crippen LogP contribution in [0, 0.1) is 12.3 Å². The molecule has 1 aromatic rings. The van der Waals surface area contributed by atoms with Crippen LogP contribution in [0.3, 0.4) is 0 Å². The highest BCUT2D eigenvalue weighted by Gasteiger charge is 2.33.